The largest absolute Gasteiger partial charge is 0.437 e. The number of para-hydroxylation sites is 3. The number of rotatable bonds is 8. The molecule has 8 heteroatoms. The molecule has 512 valence electrons. The molecule has 0 radical (unpaired) electrons. The Morgan fingerprint density at radius 3 is 1.31 bits per heavy atom. The van der Waals surface area contributed by atoms with Gasteiger partial charge in [0.2, 0.25) is 17.6 Å². The number of nitrogens with zero attached hydrogens (tertiary/aromatic N) is 6. The van der Waals surface area contributed by atoms with E-state index < -0.39 is 10.8 Å². The van der Waals surface area contributed by atoms with E-state index in [-0.39, 0.29) is 0 Å². The molecule has 0 saturated carbocycles. The molecule has 110 heavy (non-hydrogen) atoms. The van der Waals surface area contributed by atoms with Crippen molar-refractivity contribution in [1.29, 1.82) is 0 Å². The van der Waals surface area contributed by atoms with E-state index in [1.165, 1.54) is 109 Å². The second-order valence-corrected chi connectivity index (χ2v) is 30.0. The van der Waals surface area contributed by atoms with Gasteiger partial charge in [0.25, 0.3) is 0 Å². The first-order valence-corrected chi connectivity index (χ1v) is 38.3. The molecule has 2 aliphatic rings. The highest BCUT2D eigenvalue weighted by Crippen LogP contribution is 2.60. The number of hydrogen-bond donors (Lipinski definition) is 0. The van der Waals surface area contributed by atoms with Gasteiger partial charge in [0.15, 0.2) is 0 Å². The Hall–Kier alpha value is -14.2. The molecule has 6 heterocycles. The fourth-order valence-corrected chi connectivity index (χ4v) is 19.9. The first-order valence-electron chi connectivity index (χ1n) is 37.5. The third-order valence-electron chi connectivity index (χ3n) is 23.4. The predicted octanol–water partition coefficient (Wildman–Crippen LogP) is 25.8. The molecule has 22 aromatic rings. The van der Waals surface area contributed by atoms with Gasteiger partial charge in [-0.3, -0.25) is 9.13 Å². The van der Waals surface area contributed by atoms with Crippen LogP contribution < -0.4 is 0 Å². The van der Waals surface area contributed by atoms with E-state index in [1.807, 2.05) is 12.1 Å². The van der Waals surface area contributed by atoms with Crippen LogP contribution in [0.4, 0.5) is 0 Å². The molecule has 24 rings (SSSR count). The van der Waals surface area contributed by atoms with Gasteiger partial charge in [-0.05, 0) is 143 Å². The molecule has 6 aromatic heterocycles. The minimum absolute atomic E-state index is 0.458. The maximum atomic E-state index is 6.65. The molecule has 7 nitrogen and oxygen atoms in total. The number of fused-ring (bicyclic) bond motifs is 20. The van der Waals surface area contributed by atoms with Crippen molar-refractivity contribution in [3.05, 3.63) is 421 Å². The average molecular weight is 1420 g/mol. The first kappa shape index (κ1) is 62.1. The van der Waals surface area contributed by atoms with Crippen molar-refractivity contribution in [2.45, 2.75) is 10.8 Å². The third-order valence-corrected chi connectivity index (χ3v) is 24.5. The van der Waals surface area contributed by atoms with Gasteiger partial charge in [-0.15, -0.1) is 11.3 Å². The molecule has 0 unspecified atom stereocenters. The standard InChI is InChI=1S/C51H31N3O.C51H31N3S/c1-3-18-34(19-4-1)51(35-20-5-2-6-21-35)41-26-12-9-23-37(41)46-39(25-15-27-42(46)51)48-47-38-24-11-14-29-45(38)55-49(47)53-50(52-48)54-43-28-13-10-22-36(43)40-30-32-16-7-8-17-33(32)31-44(40)54;1-3-17-35(18-4-1)51(36-19-5-2-6-20-36)42-24-12-9-21-37(42)40-30-34(27-28-43(40)51)48-47-39-23-11-14-26-46(39)55-49(47)53-50(52-48)54-44-25-13-10-22-38(44)41-29-32-15-7-8-16-33(32)31-45(41)54/h2*1-31H. The summed E-state index contributed by atoms with van der Waals surface area (Å²) < 4.78 is 12.3. The summed E-state index contributed by atoms with van der Waals surface area (Å²) in [5.74, 6) is 1.25. The molecular weight excluding hydrogens is 1360 g/mol. The second-order valence-electron chi connectivity index (χ2n) is 29.0. The van der Waals surface area contributed by atoms with Crippen molar-refractivity contribution in [1.82, 2.24) is 29.1 Å². The number of thiophene rings is 1. The van der Waals surface area contributed by atoms with Gasteiger partial charge in [-0.25, -0.2) is 15.0 Å². The zero-order chi connectivity index (χ0) is 72.2. The zero-order valence-electron chi connectivity index (χ0n) is 59.3. The van der Waals surface area contributed by atoms with Crippen LogP contribution in [-0.4, -0.2) is 29.1 Å². The Kier molecular flexibility index (Phi) is 13.6. The summed E-state index contributed by atoms with van der Waals surface area (Å²) in [5, 5.41) is 13.7. The highest BCUT2D eigenvalue weighted by atomic mass is 32.1. The minimum Gasteiger partial charge on any atom is -0.437 e. The number of furan rings is 1. The lowest BCUT2D eigenvalue weighted by atomic mass is 9.67. The summed E-state index contributed by atoms with van der Waals surface area (Å²) in [6, 6.07) is 136. The molecule has 0 spiro atoms. The van der Waals surface area contributed by atoms with Crippen LogP contribution in [0.3, 0.4) is 0 Å². The number of benzene rings is 16. The Labute approximate surface area is 636 Å². The van der Waals surface area contributed by atoms with Gasteiger partial charge < -0.3 is 4.42 Å². The summed E-state index contributed by atoms with van der Waals surface area (Å²) in [5.41, 5.74) is 23.5. The molecule has 16 aromatic carbocycles. The van der Waals surface area contributed by atoms with Crippen molar-refractivity contribution in [3.8, 4) is 56.7 Å². The lowest BCUT2D eigenvalue weighted by molar-refractivity contribution is 0.651. The van der Waals surface area contributed by atoms with Crippen LogP contribution in [0.25, 0.3) is 164 Å². The third kappa shape index (κ3) is 8.93. The van der Waals surface area contributed by atoms with E-state index in [1.54, 1.807) is 11.3 Å². The molecule has 0 bridgehead atoms. The summed E-state index contributed by atoms with van der Waals surface area (Å²) in [6.45, 7) is 0. The molecule has 0 amide bonds. The minimum atomic E-state index is -0.536. The monoisotopic (exact) mass is 1420 g/mol. The van der Waals surface area contributed by atoms with Crippen molar-refractivity contribution in [2.24, 2.45) is 0 Å². The van der Waals surface area contributed by atoms with Crippen LogP contribution >= 0.6 is 11.3 Å². The lowest BCUT2D eigenvalue weighted by Crippen LogP contribution is -2.28. The van der Waals surface area contributed by atoms with E-state index in [0.717, 1.165) is 81.9 Å². The summed E-state index contributed by atoms with van der Waals surface area (Å²) in [6.07, 6.45) is 0. The highest BCUT2D eigenvalue weighted by molar-refractivity contribution is 7.25. The van der Waals surface area contributed by atoms with Crippen molar-refractivity contribution >= 4 is 119 Å². The van der Waals surface area contributed by atoms with Gasteiger partial charge in [-0.2, -0.15) is 4.98 Å². The fraction of sp³-hybridized carbons (Fsp3) is 0.0196. The quantitative estimate of drug-likeness (QED) is 0.152. The van der Waals surface area contributed by atoms with Gasteiger partial charge in [0.05, 0.1) is 49.7 Å². The van der Waals surface area contributed by atoms with Crippen LogP contribution in [0, 0.1) is 0 Å². The first-order chi connectivity index (χ1) is 54.6. The number of hydrogen-bond acceptors (Lipinski definition) is 6. The summed E-state index contributed by atoms with van der Waals surface area (Å²) in [7, 11) is 0. The van der Waals surface area contributed by atoms with Crippen molar-refractivity contribution in [3.63, 3.8) is 0 Å². The van der Waals surface area contributed by atoms with Gasteiger partial charge in [0, 0.05) is 53.5 Å². The van der Waals surface area contributed by atoms with Crippen molar-refractivity contribution in [2.75, 3.05) is 0 Å². The van der Waals surface area contributed by atoms with Crippen LogP contribution in [0.1, 0.15) is 44.5 Å². The smallest absolute Gasteiger partial charge is 0.238 e. The van der Waals surface area contributed by atoms with Crippen LogP contribution in [0.2, 0.25) is 0 Å². The molecule has 0 fully saturated rings. The van der Waals surface area contributed by atoms with E-state index in [4.69, 9.17) is 24.4 Å². The second kappa shape index (κ2) is 24.2. The Balaban J connectivity index is 0.000000132. The average Bonchev–Trinajstić information content (AvgIpc) is 1.54. The molecule has 2 aliphatic carbocycles. The van der Waals surface area contributed by atoms with Crippen LogP contribution in [0.15, 0.2) is 381 Å². The Morgan fingerprint density at radius 1 is 0.273 bits per heavy atom. The topological polar surface area (TPSA) is 74.6 Å². The SMILES string of the molecule is c1ccc(C2(c3ccccc3)c3ccccc3-c3c(-c4nc(-n5c6ccccc6c6cc7ccccc7cc65)nc5oc6ccccc6c45)cccc32)cc1.c1ccc(C2(c3ccccc3)c3ccccc3-c3cc(-c4nc(-n5c6ccccc6c6cc7ccccc7cc65)nc5sc6ccccc6c45)ccc32)cc1. The fourth-order valence-electron chi connectivity index (χ4n) is 18.9. The normalized spacial score (nSPS) is 13.2. The van der Waals surface area contributed by atoms with Crippen molar-refractivity contribution < 1.29 is 4.42 Å². The van der Waals surface area contributed by atoms with E-state index >= 15 is 0 Å². The highest BCUT2D eigenvalue weighted by Gasteiger charge is 2.48. The molecule has 0 saturated heterocycles. The maximum Gasteiger partial charge on any atom is 0.238 e. The number of aromatic nitrogens is 6. The maximum absolute atomic E-state index is 6.65. The predicted molar refractivity (Wildman–Crippen MR) is 453 cm³/mol. The van der Waals surface area contributed by atoms with Crippen LogP contribution in [-0.2, 0) is 10.8 Å². The molecule has 0 atom stereocenters. The summed E-state index contributed by atoms with van der Waals surface area (Å²) in [4.78, 5) is 22.9. The zero-order valence-corrected chi connectivity index (χ0v) is 60.1. The van der Waals surface area contributed by atoms with Gasteiger partial charge >= 0.3 is 0 Å². The Morgan fingerprint density at radius 2 is 0.709 bits per heavy atom. The Bertz CT molecular complexity index is 7460. The van der Waals surface area contributed by atoms with E-state index in [2.05, 4.69) is 373 Å². The molecule has 0 aliphatic heterocycles. The van der Waals surface area contributed by atoms with Gasteiger partial charge in [0.1, 0.15) is 10.4 Å². The summed E-state index contributed by atoms with van der Waals surface area (Å²) >= 11 is 1.74. The molecular formula is C102H62N6OS. The van der Waals surface area contributed by atoms with E-state index in [0.29, 0.717) is 17.6 Å². The molecule has 0 N–H and O–H groups in total. The van der Waals surface area contributed by atoms with Gasteiger partial charge in [-0.1, -0.05) is 322 Å². The van der Waals surface area contributed by atoms with E-state index in [9.17, 15) is 0 Å². The lowest BCUT2D eigenvalue weighted by Gasteiger charge is -2.33. The van der Waals surface area contributed by atoms with Crippen LogP contribution in [0.5, 0.6) is 0 Å².